The average molecular weight is 396 g/mol. The zero-order valence-corrected chi connectivity index (χ0v) is 16.7. The number of carboxylic acids is 1. The molecule has 0 bridgehead atoms. The Morgan fingerprint density at radius 3 is 2.48 bits per heavy atom. The summed E-state index contributed by atoms with van der Waals surface area (Å²) < 4.78 is 17.7. The highest BCUT2D eigenvalue weighted by Crippen LogP contribution is 2.51. The van der Waals surface area contributed by atoms with Crippen molar-refractivity contribution >= 4 is 17.6 Å². The number of halogens is 1. The van der Waals surface area contributed by atoms with Crippen LogP contribution >= 0.6 is 11.6 Å². The molecule has 2 aliphatic heterocycles. The first-order valence-electron chi connectivity index (χ1n) is 9.53. The van der Waals surface area contributed by atoms with Crippen LogP contribution in [0.25, 0.3) is 0 Å². The number of hydrogen-bond donors (Lipinski definition) is 1. The van der Waals surface area contributed by atoms with E-state index < -0.39 is 11.8 Å². The Balaban J connectivity index is 1.45. The van der Waals surface area contributed by atoms with Crippen LogP contribution in [-0.4, -0.2) is 54.1 Å². The van der Waals surface area contributed by atoms with Crippen molar-refractivity contribution in [2.75, 3.05) is 20.2 Å². The molecule has 7 heteroatoms. The maximum Gasteiger partial charge on any atom is 0.336 e. The van der Waals surface area contributed by atoms with Gasteiger partial charge in [-0.1, -0.05) is 11.6 Å². The molecular weight excluding hydrogens is 370 g/mol. The van der Waals surface area contributed by atoms with E-state index in [4.69, 9.17) is 25.8 Å². The lowest BCUT2D eigenvalue weighted by Gasteiger charge is -2.47. The van der Waals surface area contributed by atoms with Gasteiger partial charge in [-0.05, 0) is 38.7 Å². The number of carboxylic acid groups (broad SMARTS) is 1. The molecule has 1 aliphatic carbocycles. The molecule has 0 spiro atoms. The largest absolute Gasteiger partial charge is 0.478 e. The highest BCUT2D eigenvalue weighted by Gasteiger charge is 2.48. The van der Waals surface area contributed by atoms with Crippen LogP contribution in [0, 0.1) is 12.8 Å². The van der Waals surface area contributed by atoms with Gasteiger partial charge in [-0.2, -0.15) is 0 Å². The number of fused-ring (bicyclic) bond motifs is 1. The van der Waals surface area contributed by atoms with Crippen molar-refractivity contribution in [1.82, 2.24) is 4.90 Å². The molecule has 1 N–H and O–H groups in total. The van der Waals surface area contributed by atoms with Gasteiger partial charge in [0.05, 0.1) is 16.7 Å². The second-order valence-corrected chi connectivity index (χ2v) is 8.44. The molecule has 0 amide bonds. The number of benzene rings is 1. The number of methoxy groups -OCH3 is 1. The fourth-order valence-electron chi connectivity index (χ4n) is 4.62. The first kappa shape index (κ1) is 18.8. The zero-order chi connectivity index (χ0) is 19.3. The van der Waals surface area contributed by atoms with Crippen LogP contribution in [0.3, 0.4) is 0 Å². The number of ether oxygens (including phenoxy) is 3. The zero-order valence-electron chi connectivity index (χ0n) is 16.0. The van der Waals surface area contributed by atoms with E-state index >= 15 is 0 Å². The quantitative estimate of drug-likeness (QED) is 0.837. The lowest BCUT2D eigenvalue weighted by molar-refractivity contribution is -0.130. The van der Waals surface area contributed by atoms with Gasteiger partial charge < -0.3 is 19.3 Å². The fourth-order valence-corrected chi connectivity index (χ4v) is 4.85. The summed E-state index contributed by atoms with van der Waals surface area (Å²) >= 11 is 6.29. The van der Waals surface area contributed by atoms with E-state index in [1.807, 2.05) is 6.92 Å². The van der Waals surface area contributed by atoms with Gasteiger partial charge in [0.15, 0.2) is 11.5 Å². The molecule has 3 aliphatic rings. The maximum absolute atomic E-state index is 11.4. The predicted octanol–water partition coefficient (Wildman–Crippen LogP) is 3.72. The van der Waals surface area contributed by atoms with E-state index in [1.165, 1.54) is 6.07 Å². The SMILES string of the molecule is COC1CN(C2CCC(C3(C)Oc4c(Cl)cc(C(=O)O)c(C)c4O3)CC2)C1. The van der Waals surface area contributed by atoms with E-state index in [2.05, 4.69) is 4.90 Å². The van der Waals surface area contributed by atoms with E-state index in [1.54, 1.807) is 14.0 Å². The molecule has 0 aromatic heterocycles. The predicted molar refractivity (Wildman–Crippen MR) is 101 cm³/mol. The molecular formula is C20H26ClNO5. The molecule has 2 fully saturated rings. The van der Waals surface area contributed by atoms with Crippen molar-refractivity contribution in [2.45, 2.75) is 57.5 Å². The second kappa shape index (κ2) is 6.83. The van der Waals surface area contributed by atoms with Crippen molar-refractivity contribution in [2.24, 2.45) is 5.92 Å². The van der Waals surface area contributed by atoms with Crippen LogP contribution in [0.2, 0.25) is 5.02 Å². The van der Waals surface area contributed by atoms with Gasteiger partial charge in [-0.15, -0.1) is 0 Å². The standard InChI is InChI=1S/C20H26ClNO5/c1-11-15(19(23)24)8-16(21)18-17(11)26-20(2,27-18)12-4-6-13(7-5-12)22-9-14(10-22)25-3/h8,12-14H,4-7,9-10H2,1-3H3,(H,23,24). The van der Waals surface area contributed by atoms with E-state index in [0.29, 0.717) is 29.2 Å². The van der Waals surface area contributed by atoms with Gasteiger partial charge in [0, 0.05) is 44.6 Å². The Bertz CT molecular complexity index is 755. The molecule has 1 atom stereocenters. The number of hydrogen-bond acceptors (Lipinski definition) is 5. The third-order valence-corrected chi connectivity index (χ3v) is 6.72. The topological polar surface area (TPSA) is 68.2 Å². The Morgan fingerprint density at radius 1 is 1.26 bits per heavy atom. The second-order valence-electron chi connectivity index (χ2n) is 8.03. The van der Waals surface area contributed by atoms with Gasteiger partial charge in [-0.3, -0.25) is 4.90 Å². The lowest BCUT2D eigenvalue weighted by Crippen LogP contribution is -2.57. The lowest BCUT2D eigenvalue weighted by atomic mass is 9.80. The summed E-state index contributed by atoms with van der Waals surface area (Å²) in [5.41, 5.74) is 0.714. The van der Waals surface area contributed by atoms with Gasteiger partial charge in [-0.25, -0.2) is 4.79 Å². The summed E-state index contributed by atoms with van der Waals surface area (Å²) in [6.45, 7) is 5.72. The number of nitrogens with zero attached hydrogens (tertiary/aromatic N) is 1. The third kappa shape index (κ3) is 3.18. The monoisotopic (exact) mass is 395 g/mol. The van der Waals surface area contributed by atoms with Crippen LogP contribution in [0.15, 0.2) is 6.07 Å². The minimum atomic E-state index is -1.01. The Labute approximate surface area is 164 Å². The maximum atomic E-state index is 11.4. The highest BCUT2D eigenvalue weighted by atomic mass is 35.5. The van der Waals surface area contributed by atoms with Crippen LogP contribution in [0.1, 0.15) is 48.5 Å². The smallest absolute Gasteiger partial charge is 0.336 e. The molecule has 1 saturated carbocycles. The van der Waals surface area contributed by atoms with E-state index in [0.717, 1.165) is 38.8 Å². The van der Waals surface area contributed by atoms with Crippen LogP contribution < -0.4 is 9.47 Å². The summed E-state index contributed by atoms with van der Waals surface area (Å²) in [5, 5.41) is 9.67. The number of rotatable bonds is 4. The molecule has 2 heterocycles. The highest BCUT2D eigenvalue weighted by molar-refractivity contribution is 6.32. The van der Waals surface area contributed by atoms with Crippen LogP contribution in [0.4, 0.5) is 0 Å². The summed E-state index contributed by atoms with van der Waals surface area (Å²) in [7, 11) is 1.77. The van der Waals surface area contributed by atoms with Crippen LogP contribution in [0.5, 0.6) is 11.5 Å². The minimum Gasteiger partial charge on any atom is -0.478 e. The Kier molecular flexibility index (Phi) is 4.77. The van der Waals surface area contributed by atoms with Crippen LogP contribution in [-0.2, 0) is 4.74 Å². The molecule has 6 nitrogen and oxygen atoms in total. The Morgan fingerprint density at radius 2 is 1.89 bits per heavy atom. The van der Waals surface area contributed by atoms with Gasteiger partial charge >= 0.3 is 5.97 Å². The molecule has 1 unspecified atom stereocenters. The normalized spacial score (nSPS) is 31.0. The Hall–Kier alpha value is -1.50. The number of carbonyl (C=O) groups is 1. The molecule has 0 radical (unpaired) electrons. The molecule has 27 heavy (non-hydrogen) atoms. The van der Waals surface area contributed by atoms with Crippen molar-refractivity contribution in [3.63, 3.8) is 0 Å². The minimum absolute atomic E-state index is 0.154. The van der Waals surface area contributed by atoms with Crippen molar-refractivity contribution in [3.8, 4) is 11.5 Å². The first-order valence-corrected chi connectivity index (χ1v) is 9.91. The summed E-state index contributed by atoms with van der Waals surface area (Å²) in [6, 6.07) is 2.05. The fraction of sp³-hybridized carbons (Fsp3) is 0.650. The molecule has 1 aromatic rings. The van der Waals surface area contributed by atoms with Gasteiger partial charge in [0.25, 0.3) is 5.79 Å². The average Bonchev–Trinajstić information content (AvgIpc) is 2.97. The molecule has 1 aromatic carbocycles. The third-order valence-electron chi connectivity index (χ3n) is 6.44. The van der Waals surface area contributed by atoms with Gasteiger partial charge in [0.2, 0.25) is 0 Å². The van der Waals surface area contributed by atoms with Crippen molar-refractivity contribution in [3.05, 3.63) is 22.2 Å². The van der Waals surface area contributed by atoms with Crippen molar-refractivity contribution in [1.29, 1.82) is 0 Å². The summed E-state index contributed by atoms with van der Waals surface area (Å²) in [6.07, 6.45) is 4.60. The number of likely N-dealkylation sites (tertiary alicyclic amines) is 1. The number of aromatic carboxylic acids is 1. The summed E-state index contributed by atoms with van der Waals surface area (Å²) in [5.74, 6) is -0.643. The molecule has 148 valence electrons. The van der Waals surface area contributed by atoms with E-state index in [9.17, 15) is 9.90 Å². The molecule has 4 rings (SSSR count). The molecule has 1 saturated heterocycles. The van der Waals surface area contributed by atoms with Crippen molar-refractivity contribution < 1.29 is 24.1 Å². The van der Waals surface area contributed by atoms with Gasteiger partial charge in [0.1, 0.15) is 0 Å². The summed E-state index contributed by atoms with van der Waals surface area (Å²) in [4.78, 5) is 13.9. The first-order chi connectivity index (χ1) is 12.8. The van der Waals surface area contributed by atoms with E-state index in [-0.39, 0.29) is 16.5 Å².